The Morgan fingerprint density at radius 1 is 1.32 bits per heavy atom. The summed E-state index contributed by atoms with van der Waals surface area (Å²) in [6.07, 6.45) is 0. The summed E-state index contributed by atoms with van der Waals surface area (Å²) in [5.74, 6) is -0.289. The van der Waals surface area contributed by atoms with Crippen molar-refractivity contribution in [2.45, 2.75) is 6.54 Å². The minimum atomic E-state index is -0.289. The lowest BCUT2D eigenvalue weighted by Gasteiger charge is -2.03. The van der Waals surface area contributed by atoms with Crippen molar-refractivity contribution in [3.8, 4) is 0 Å². The highest BCUT2D eigenvalue weighted by atomic mass is 79.9. The van der Waals surface area contributed by atoms with E-state index in [0.29, 0.717) is 15.8 Å². The maximum atomic E-state index is 13.7. The molecule has 2 nitrogen and oxygen atoms in total. The zero-order chi connectivity index (χ0) is 13.6. The fraction of sp³-hybridized carbons (Fsp3) is 0.0833. The lowest BCUT2D eigenvalue weighted by molar-refractivity contribution is 0.622. The molecule has 2 aromatic heterocycles. The van der Waals surface area contributed by atoms with Gasteiger partial charge in [0.05, 0.1) is 22.1 Å². The smallest absolute Gasteiger partial charge is 0.178 e. The van der Waals surface area contributed by atoms with Gasteiger partial charge in [0.1, 0.15) is 5.82 Å². The quantitative estimate of drug-likeness (QED) is 0.544. The number of rotatable bonds is 2. The van der Waals surface area contributed by atoms with Gasteiger partial charge in [-0.25, -0.2) is 4.39 Å². The third kappa shape index (κ3) is 2.56. The molecule has 0 saturated heterocycles. The summed E-state index contributed by atoms with van der Waals surface area (Å²) in [7, 11) is 0. The lowest BCUT2D eigenvalue weighted by atomic mass is 10.3. The summed E-state index contributed by atoms with van der Waals surface area (Å²) in [6.45, 7) is 0.635. The molecule has 7 heteroatoms. The van der Waals surface area contributed by atoms with Gasteiger partial charge in [0.25, 0.3) is 0 Å². The maximum absolute atomic E-state index is 13.7. The largest absolute Gasteiger partial charge is 0.331 e. The van der Waals surface area contributed by atoms with Crippen LogP contribution in [0.4, 0.5) is 4.39 Å². The molecule has 0 unspecified atom stereocenters. The van der Waals surface area contributed by atoms with Crippen LogP contribution in [0.15, 0.2) is 32.5 Å². The van der Waals surface area contributed by atoms with E-state index in [9.17, 15) is 4.39 Å². The van der Waals surface area contributed by atoms with Crippen LogP contribution in [0.2, 0.25) is 0 Å². The second kappa shape index (κ2) is 5.12. The Bertz CT molecular complexity index is 819. The van der Waals surface area contributed by atoms with Crippen molar-refractivity contribution in [2.75, 3.05) is 0 Å². The zero-order valence-corrected chi connectivity index (χ0v) is 14.2. The van der Waals surface area contributed by atoms with Gasteiger partial charge >= 0.3 is 0 Å². The SMILES string of the molecule is Fc1cc2c(cc1Br)[nH]c(=S)n2Cc1cc(Br)cs1. The van der Waals surface area contributed by atoms with Crippen LogP contribution >= 0.6 is 55.4 Å². The van der Waals surface area contributed by atoms with E-state index in [1.807, 2.05) is 16.0 Å². The van der Waals surface area contributed by atoms with Crippen molar-refractivity contribution in [2.24, 2.45) is 0 Å². The molecule has 3 rings (SSSR count). The molecule has 0 atom stereocenters. The number of fused-ring (bicyclic) bond motifs is 1. The van der Waals surface area contributed by atoms with E-state index in [1.165, 1.54) is 6.07 Å². The predicted octanol–water partition coefficient (Wildman–Crippen LogP) is 5.47. The van der Waals surface area contributed by atoms with Crippen LogP contribution in [0, 0.1) is 10.6 Å². The number of benzene rings is 1. The molecule has 0 fully saturated rings. The number of H-pyrrole nitrogens is 1. The molecule has 0 aliphatic heterocycles. The summed E-state index contributed by atoms with van der Waals surface area (Å²) in [6, 6.07) is 5.25. The van der Waals surface area contributed by atoms with Gasteiger partial charge in [-0.2, -0.15) is 0 Å². The third-order valence-corrected chi connectivity index (χ3v) is 5.36. The highest BCUT2D eigenvalue weighted by Crippen LogP contribution is 2.26. The molecule has 0 aliphatic rings. The summed E-state index contributed by atoms with van der Waals surface area (Å²) in [5, 5.41) is 2.02. The average molecular weight is 422 g/mol. The molecule has 1 aromatic carbocycles. The monoisotopic (exact) mass is 420 g/mol. The van der Waals surface area contributed by atoms with Crippen molar-refractivity contribution in [1.29, 1.82) is 0 Å². The Hall–Kier alpha value is -0.500. The first-order chi connectivity index (χ1) is 9.04. The fourth-order valence-corrected chi connectivity index (χ4v) is 3.96. The second-order valence-electron chi connectivity index (χ2n) is 4.03. The van der Waals surface area contributed by atoms with Crippen LogP contribution in [-0.2, 0) is 6.54 Å². The second-order valence-corrected chi connectivity index (χ2v) is 7.18. The molecule has 0 bridgehead atoms. The highest BCUT2D eigenvalue weighted by Gasteiger charge is 2.10. The van der Waals surface area contributed by atoms with Crippen LogP contribution in [0.3, 0.4) is 0 Å². The van der Waals surface area contributed by atoms with E-state index >= 15 is 0 Å². The lowest BCUT2D eigenvalue weighted by Crippen LogP contribution is -1.97. The number of thiophene rings is 1. The van der Waals surface area contributed by atoms with Gasteiger partial charge in [-0.3, -0.25) is 0 Å². The van der Waals surface area contributed by atoms with Crippen LogP contribution in [0.25, 0.3) is 11.0 Å². The molecule has 3 aromatic rings. The van der Waals surface area contributed by atoms with Crippen molar-refractivity contribution >= 4 is 66.4 Å². The van der Waals surface area contributed by atoms with Crippen LogP contribution in [0.5, 0.6) is 0 Å². The van der Waals surface area contributed by atoms with Crippen LogP contribution in [0.1, 0.15) is 4.88 Å². The Labute approximate surface area is 134 Å². The molecule has 0 spiro atoms. The number of halogens is 3. The van der Waals surface area contributed by atoms with E-state index in [0.717, 1.165) is 20.4 Å². The number of aromatic amines is 1. The van der Waals surface area contributed by atoms with Crippen LogP contribution in [-0.4, -0.2) is 9.55 Å². The Balaban J connectivity index is 2.15. The Kier molecular flexibility index (Phi) is 3.63. The number of nitrogens with one attached hydrogen (secondary N) is 1. The number of aromatic nitrogens is 2. The zero-order valence-electron chi connectivity index (χ0n) is 9.41. The highest BCUT2D eigenvalue weighted by molar-refractivity contribution is 9.10. The molecule has 1 N–H and O–H groups in total. The molecule has 0 saturated carbocycles. The molecule has 0 aliphatic carbocycles. The van der Waals surface area contributed by atoms with E-state index in [-0.39, 0.29) is 5.82 Å². The van der Waals surface area contributed by atoms with Gasteiger partial charge in [-0.1, -0.05) is 0 Å². The summed E-state index contributed by atoms with van der Waals surface area (Å²) < 4.78 is 17.6. The van der Waals surface area contributed by atoms with Crippen molar-refractivity contribution in [1.82, 2.24) is 9.55 Å². The van der Waals surface area contributed by atoms with Gasteiger partial charge in [0.15, 0.2) is 4.77 Å². The number of nitrogens with zero attached hydrogens (tertiary/aromatic N) is 1. The number of imidazole rings is 1. The Morgan fingerprint density at radius 2 is 2.11 bits per heavy atom. The standard InChI is InChI=1S/C12H7Br2FN2S2/c13-6-1-7(19-5-6)4-17-11-3-9(15)8(14)2-10(11)16-12(17)18/h1-3,5H,4H2,(H,16,18). The summed E-state index contributed by atoms with van der Waals surface area (Å²) in [5.41, 5.74) is 1.60. The first-order valence-electron chi connectivity index (χ1n) is 5.35. The topological polar surface area (TPSA) is 20.7 Å². The molecule has 2 heterocycles. The van der Waals surface area contributed by atoms with E-state index in [4.69, 9.17) is 12.2 Å². The van der Waals surface area contributed by atoms with E-state index < -0.39 is 0 Å². The fourth-order valence-electron chi connectivity index (χ4n) is 1.90. The van der Waals surface area contributed by atoms with E-state index in [1.54, 1.807) is 17.4 Å². The van der Waals surface area contributed by atoms with Gasteiger partial charge in [-0.15, -0.1) is 11.3 Å². The maximum Gasteiger partial charge on any atom is 0.178 e. The summed E-state index contributed by atoms with van der Waals surface area (Å²) >= 11 is 13.6. The molecular weight excluding hydrogens is 415 g/mol. The normalized spacial score (nSPS) is 11.3. The van der Waals surface area contributed by atoms with E-state index in [2.05, 4.69) is 36.8 Å². The molecule has 19 heavy (non-hydrogen) atoms. The Morgan fingerprint density at radius 3 is 2.79 bits per heavy atom. The van der Waals surface area contributed by atoms with Gasteiger partial charge in [-0.05, 0) is 56.2 Å². The van der Waals surface area contributed by atoms with Crippen LogP contribution < -0.4 is 0 Å². The first-order valence-corrected chi connectivity index (χ1v) is 8.22. The first kappa shape index (κ1) is 13.5. The minimum Gasteiger partial charge on any atom is -0.331 e. The van der Waals surface area contributed by atoms with Gasteiger partial charge in [0, 0.05) is 20.8 Å². The number of hydrogen-bond acceptors (Lipinski definition) is 2. The van der Waals surface area contributed by atoms with Crippen molar-refractivity contribution in [3.05, 3.63) is 48.0 Å². The molecule has 0 radical (unpaired) electrons. The van der Waals surface area contributed by atoms with Crippen molar-refractivity contribution in [3.63, 3.8) is 0 Å². The molecule has 98 valence electrons. The van der Waals surface area contributed by atoms with Crippen molar-refractivity contribution < 1.29 is 4.39 Å². The predicted molar refractivity (Wildman–Crippen MR) is 85.9 cm³/mol. The molecule has 0 amide bonds. The van der Waals surface area contributed by atoms with Gasteiger partial charge < -0.3 is 9.55 Å². The average Bonchev–Trinajstić information content (AvgIpc) is 2.87. The third-order valence-electron chi connectivity index (χ3n) is 2.75. The number of hydrogen-bond donors (Lipinski definition) is 1. The molecular formula is C12H7Br2FN2S2. The van der Waals surface area contributed by atoms with Gasteiger partial charge in [0.2, 0.25) is 0 Å². The minimum absolute atomic E-state index is 0.289. The summed E-state index contributed by atoms with van der Waals surface area (Å²) in [4.78, 5) is 4.26.